The van der Waals surface area contributed by atoms with Gasteiger partial charge in [0, 0.05) is 22.8 Å². The summed E-state index contributed by atoms with van der Waals surface area (Å²) in [7, 11) is 1.95. The van der Waals surface area contributed by atoms with Gasteiger partial charge in [0.1, 0.15) is 0 Å². The highest BCUT2D eigenvalue weighted by molar-refractivity contribution is 7.99. The van der Waals surface area contributed by atoms with E-state index in [1.54, 1.807) is 11.8 Å². The van der Waals surface area contributed by atoms with E-state index in [9.17, 15) is 4.39 Å². The molecule has 3 heteroatoms. The van der Waals surface area contributed by atoms with Crippen molar-refractivity contribution >= 4 is 11.8 Å². The molecular weight excluding hydrogens is 257 g/mol. The van der Waals surface area contributed by atoms with Crippen LogP contribution in [-0.4, -0.2) is 13.7 Å². The van der Waals surface area contributed by atoms with Crippen LogP contribution < -0.4 is 5.32 Å². The SMILES string of the molecule is CNCc1ccccc1Sc1ccc(CCF)cc1. The van der Waals surface area contributed by atoms with Crippen LogP contribution in [0.5, 0.6) is 0 Å². The van der Waals surface area contributed by atoms with E-state index in [2.05, 4.69) is 41.7 Å². The molecule has 0 aliphatic carbocycles. The van der Waals surface area contributed by atoms with Crippen LogP contribution in [0.1, 0.15) is 11.1 Å². The van der Waals surface area contributed by atoms with Gasteiger partial charge in [-0.05, 0) is 36.4 Å². The first-order valence-electron chi connectivity index (χ1n) is 6.38. The highest BCUT2D eigenvalue weighted by Crippen LogP contribution is 2.30. The van der Waals surface area contributed by atoms with Crippen LogP contribution in [0.4, 0.5) is 4.39 Å². The molecule has 1 N–H and O–H groups in total. The number of benzene rings is 2. The minimum atomic E-state index is -0.294. The van der Waals surface area contributed by atoms with Crippen LogP contribution in [0.3, 0.4) is 0 Å². The van der Waals surface area contributed by atoms with Crippen molar-refractivity contribution in [2.24, 2.45) is 0 Å². The molecule has 2 aromatic rings. The first-order valence-corrected chi connectivity index (χ1v) is 7.20. The fourth-order valence-electron chi connectivity index (χ4n) is 1.90. The van der Waals surface area contributed by atoms with Gasteiger partial charge in [0.2, 0.25) is 0 Å². The van der Waals surface area contributed by atoms with Gasteiger partial charge in [0.25, 0.3) is 0 Å². The summed E-state index contributed by atoms with van der Waals surface area (Å²) in [4.78, 5) is 2.45. The lowest BCUT2D eigenvalue weighted by molar-refractivity contribution is 0.495. The number of halogens is 1. The second-order valence-corrected chi connectivity index (χ2v) is 5.44. The predicted molar refractivity (Wildman–Crippen MR) is 79.4 cm³/mol. The third-order valence-corrected chi connectivity index (χ3v) is 4.00. The maximum atomic E-state index is 12.3. The lowest BCUT2D eigenvalue weighted by Gasteiger charge is -2.09. The van der Waals surface area contributed by atoms with Gasteiger partial charge in [0.15, 0.2) is 0 Å². The van der Waals surface area contributed by atoms with E-state index in [1.807, 2.05) is 19.2 Å². The predicted octanol–water partition coefficient (Wildman–Crippen LogP) is 4.07. The number of rotatable bonds is 6. The van der Waals surface area contributed by atoms with Gasteiger partial charge in [-0.15, -0.1) is 0 Å². The van der Waals surface area contributed by atoms with Gasteiger partial charge < -0.3 is 5.32 Å². The fraction of sp³-hybridized carbons (Fsp3) is 0.250. The highest BCUT2D eigenvalue weighted by atomic mass is 32.2. The Morgan fingerprint density at radius 1 is 1.05 bits per heavy atom. The van der Waals surface area contributed by atoms with Crippen LogP contribution in [-0.2, 0) is 13.0 Å². The maximum Gasteiger partial charge on any atom is 0.0934 e. The molecule has 19 heavy (non-hydrogen) atoms. The van der Waals surface area contributed by atoms with E-state index in [0.717, 1.165) is 12.1 Å². The molecule has 0 saturated carbocycles. The Morgan fingerprint density at radius 3 is 2.47 bits per heavy atom. The van der Waals surface area contributed by atoms with E-state index in [1.165, 1.54) is 15.4 Å². The van der Waals surface area contributed by atoms with Gasteiger partial charge in [-0.3, -0.25) is 4.39 Å². The number of nitrogens with one attached hydrogen (secondary N) is 1. The van der Waals surface area contributed by atoms with Crippen molar-refractivity contribution in [1.29, 1.82) is 0 Å². The monoisotopic (exact) mass is 275 g/mol. The molecule has 0 atom stereocenters. The van der Waals surface area contributed by atoms with Crippen LogP contribution in [0, 0.1) is 0 Å². The summed E-state index contributed by atoms with van der Waals surface area (Å²) in [5, 5.41) is 3.18. The standard InChI is InChI=1S/C16H18FNS/c1-18-12-14-4-2-3-5-16(14)19-15-8-6-13(7-9-15)10-11-17/h2-9,18H,10-12H2,1H3. The highest BCUT2D eigenvalue weighted by Gasteiger charge is 2.03. The molecule has 0 spiro atoms. The van der Waals surface area contributed by atoms with Gasteiger partial charge in [-0.2, -0.15) is 0 Å². The largest absolute Gasteiger partial charge is 0.316 e. The Bertz CT molecular complexity index is 510. The molecule has 0 radical (unpaired) electrons. The minimum Gasteiger partial charge on any atom is -0.316 e. The molecule has 0 unspecified atom stereocenters. The Hall–Kier alpha value is -1.32. The first kappa shape index (κ1) is 14.1. The van der Waals surface area contributed by atoms with E-state index in [0.29, 0.717) is 6.42 Å². The van der Waals surface area contributed by atoms with Crippen molar-refractivity contribution in [3.63, 3.8) is 0 Å². The summed E-state index contributed by atoms with van der Waals surface area (Å²) >= 11 is 1.75. The molecular formula is C16H18FNS. The number of hydrogen-bond donors (Lipinski definition) is 1. The molecule has 2 aromatic carbocycles. The zero-order valence-electron chi connectivity index (χ0n) is 11.0. The van der Waals surface area contributed by atoms with Crippen molar-refractivity contribution in [1.82, 2.24) is 5.32 Å². The molecule has 1 nitrogen and oxygen atoms in total. The molecule has 0 aromatic heterocycles. The molecule has 0 fully saturated rings. The Morgan fingerprint density at radius 2 is 1.79 bits per heavy atom. The quantitative estimate of drug-likeness (QED) is 0.853. The summed E-state index contributed by atoms with van der Waals surface area (Å²) in [6.45, 7) is 0.570. The second kappa shape index (κ2) is 7.31. The lowest BCUT2D eigenvalue weighted by Crippen LogP contribution is -2.05. The van der Waals surface area contributed by atoms with E-state index in [4.69, 9.17) is 0 Å². The van der Waals surface area contributed by atoms with Gasteiger partial charge in [-0.1, -0.05) is 42.1 Å². The smallest absolute Gasteiger partial charge is 0.0934 e. The molecule has 2 rings (SSSR count). The number of hydrogen-bond acceptors (Lipinski definition) is 2. The van der Waals surface area contributed by atoms with Crippen LogP contribution in [0.2, 0.25) is 0 Å². The summed E-state index contributed by atoms with van der Waals surface area (Å²) in [5.74, 6) is 0. The fourth-order valence-corrected chi connectivity index (χ4v) is 2.84. The molecule has 0 amide bonds. The molecule has 0 heterocycles. The summed E-state index contributed by atoms with van der Waals surface area (Å²) in [6.07, 6.45) is 0.501. The van der Waals surface area contributed by atoms with Gasteiger partial charge in [-0.25, -0.2) is 0 Å². The van der Waals surface area contributed by atoms with Crippen molar-refractivity contribution < 1.29 is 4.39 Å². The van der Waals surface area contributed by atoms with Crippen molar-refractivity contribution in [2.75, 3.05) is 13.7 Å². The minimum absolute atomic E-state index is 0.294. The number of aryl methyl sites for hydroxylation is 1. The normalized spacial score (nSPS) is 10.6. The average Bonchev–Trinajstić information content (AvgIpc) is 2.44. The summed E-state index contributed by atoms with van der Waals surface area (Å²) in [5.41, 5.74) is 2.35. The lowest BCUT2D eigenvalue weighted by atomic mass is 10.2. The Balaban J connectivity index is 2.12. The van der Waals surface area contributed by atoms with Crippen LogP contribution in [0.25, 0.3) is 0 Å². The Labute approximate surface area is 118 Å². The van der Waals surface area contributed by atoms with E-state index < -0.39 is 0 Å². The van der Waals surface area contributed by atoms with Crippen molar-refractivity contribution in [3.05, 3.63) is 59.7 Å². The second-order valence-electron chi connectivity index (χ2n) is 4.32. The zero-order valence-corrected chi connectivity index (χ0v) is 11.8. The van der Waals surface area contributed by atoms with Gasteiger partial charge >= 0.3 is 0 Å². The molecule has 0 bridgehead atoms. The Kier molecular flexibility index (Phi) is 5.43. The summed E-state index contributed by atoms with van der Waals surface area (Å²) < 4.78 is 12.3. The van der Waals surface area contributed by atoms with E-state index in [-0.39, 0.29) is 6.67 Å². The number of alkyl halides is 1. The third-order valence-electron chi connectivity index (χ3n) is 2.87. The third kappa shape index (κ3) is 4.08. The summed E-state index contributed by atoms with van der Waals surface area (Å²) in [6, 6.07) is 16.5. The van der Waals surface area contributed by atoms with Crippen molar-refractivity contribution in [2.45, 2.75) is 22.8 Å². The zero-order chi connectivity index (χ0) is 13.5. The van der Waals surface area contributed by atoms with Crippen LogP contribution in [0.15, 0.2) is 58.3 Å². The van der Waals surface area contributed by atoms with Crippen LogP contribution >= 0.6 is 11.8 Å². The molecule has 0 aliphatic heterocycles. The average molecular weight is 275 g/mol. The topological polar surface area (TPSA) is 12.0 Å². The van der Waals surface area contributed by atoms with Gasteiger partial charge in [0.05, 0.1) is 6.67 Å². The first-order chi connectivity index (χ1) is 9.33. The molecule has 100 valence electrons. The van der Waals surface area contributed by atoms with E-state index >= 15 is 0 Å². The molecule has 0 aliphatic rings. The maximum absolute atomic E-state index is 12.3. The molecule has 0 saturated heterocycles. The van der Waals surface area contributed by atoms with Crippen molar-refractivity contribution in [3.8, 4) is 0 Å².